The summed E-state index contributed by atoms with van der Waals surface area (Å²) in [7, 11) is 0. The van der Waals surface area contributed by atoms with Crippen molar-refractivity contribution in [2.45, 2.75) is 0 Å². The Morgan fingerprint density at radius 2 is 2.36 bits per heavy atom. The quantitative estimate of drug-likeness (QED) is 0.817. The molecule has 2 nitrogen and oxygen atoms in total. The minimum atomic E-state index is -0.437. The van der Waals surface area contributed by atoms with E-state index in [1.54, 1.807) is 0 Å². The van der Waals surface area contributed by atoms with Crippen molar-refractivity contribution in [1.29, 1.82) is 0 Å². The van der Waals surface area contributed by atoms with Gasteiger partial charge in [-0.1, -0.05) is 0 Å². The molecule has 11 heavy (non-hydrogen) atoms. The van der Waals surface area contributed by atoms with Crippen molar-refractivity contribution in [3.8, 4) is 0 Å². The standard InChI is InChI=1S/C7H6BrFNO/c8-6-3-10-4-7(9)5(6)1-2-11/h1,3-4,11H,2H2. The molecule has 0 aliphatic carbocycles. The predicted octanol–water partition coefficient (Wildman–Crippen LogP) is 1.53. The normalized spacial score (nSPS) is 10.1. The lowest BCUT2D eigenvalue weighted by molar-refractivity contribution is 0.330. The second-order valence-electron chi connectivity index (χ2n) is 1.90. The molecule has 4 heteroatoms. The van der Waals surface area contributed by atoms with Crippen molar-refractivity contribution in [3.63, 3.8) is 0 Å². The van der Waals surface area contributed by atoms with Crippen LogP contribution in [0.1, 0.15) is 5.56 Å². The van der Waals surface area contributed by atoms with Crippen molar-refractivity contribution in [1.82, 2.24) is 4.98 Å². The molecule has 0 spiro atoms. The van der Waals surface area contributed by atoms with Crippen LogP contribution in [0.5, 0.6) is 0 Å². The fraction of sp³-hybridized carbons (Fsp3) is 0.143. The van der Waals surface area contributed by atoms with Crippen LogP contribution in [0.4, 0.5) is 4.39 Å². The summed E-state index contributed by atoms with van der Waals surface area (Å²) in [4.78, 5) is 3.60. The summed E-state index contributed by atoms with van der Waals surface area (Å²) in [6.45, 7) is -0.181. The summed E-state index contributed by atoms with van der Waals surface area (Å²) in [6.07, 6.45) is 3.96. The number of aromatic nitrogens is 1. The van der Waals surface area contributed by atoms with Crippen LogP contribution in [-0.2, 0) is 0 Å². The van der Waals surface area contributed by atoms with Crippen molar-refractivity contribution in [3.05, 3.63) is 34.7 Å². The van der Waals surface area contributed by atoms with Gasteiger partial charge in [-0.3, -0.25) is 4.98 Å². The van der Waals surface area contributed by atoms with E-state index >= 15 is 0 Å². The molecule has 0 atom stereocenters. The van der Waals surface area contributed by atoms with Crippen LogP contribution in [0.25, 0.3) is 0 Å². The van der Waals surface area contributed by atoms with E-state index in [1.165, 1.54) is 12.6 Å². The molecule has 1 aromatic rings. The van der Waals surface area contributed by atoms with Crippen LogP contribution in [0.15, 0.2) is 16.9 Å². The van der Waals surface area contributed by atoms with Gasteiger partial charge in [0.2, 0.25) is 0 Å². The van der Waals surface area contributed by atoms with Crippen molar-refractivity contribution >= 4 is 15.9 Å². The number of hydrogen-bond acceptors (Lipinski definition) is 2. The first kappa shape index (κ1) is 8.62. The first-order valence-electron chi connectivity index (χ1n) is 2.98. The van der Waals surface area contributed by atoms with E-state index in [4.69, 9.17) is 5.11 Å². The third-order valence-corrected chi connectivity index (χ3v) is 1.82. The van der Waals surface area contributed by atoms with E-state index in [0.717, 1.165) is 6.20 Å². The second kappa shape index (κ2) is 3.78. The zero-order valence-corrected chi connectivity index (χ0v) is 7.18. The fourth-order valence-corrected chi connectivity index (χ4v) is 1.18. The number of hydrogen-bond donors (Lipinski definition) is 1. The maximum absolute atomic E-state index is 12.8. The molecule has 1 rings (SSSR count). The molecule has 0 aromatic carbocycles. The van der Waals surface area contributed by atoms with Gasteiger partial charge in [0.25, 0.3) is 0 Å². The SMILES string of the molecule is OC[CH]c1c(F)cncc1Br. The second-order valence-corrected chi connectivity index (χ2v) is 2.76. The Morgan fingerprint density at radius 3 is 2.91 bits per heavy atom. The topological polar surface area (TPSA) is 33.1 Å². The summed E-state index contributed by atoms with van der Waals surface area (Å²) < 4.78 is 13.4. The molecule has 0 saturated carbocycles. The molecule has 1 radical (unpaired) electrons. The van der Waals surface area contributed by atoms with E-state index in [0.29, 0.717) is 10.0 Å². The minimum Gasteiger partial charge on any atom is -0.396 e. The van der Waals surface area contributed by atoms with Gasteiger partial charge in [0, 0.05) is 22.7 Å². The highest BCUT2D eigenvalue weighted by molar-refractivity contribution is 9.10. The molecular weight excluding hydrogens is 213 g/mol. The molecule has 0 saturated heterocycles. The fourth-order valence-electron chi connectivity index (χ4n) is 0.708. The molecule has 59 valence electrons. The van der Waals surface area contributed by atoms with E-state index in [1.807, 2.05) is 0 Å². The Balaban J connectivity index is 3.00. The Bertz CT molecular complexity index is 234. The van der Waals surface area contributed by atoms with Gasteiger partial charge in [-0.05, 0) is 15.9 Å². The highest BCUT2D eigenvalue weighted by Gasteiger charge is 2.05. The van der Waals surface area contributed by atoms with Crippen LogP contribution >= 0.6 is 15.9 Å². The van der Waals surface area contributed by atoms with Crippen molar-refractivity contribution in [2.75, 3.05) is 6.61 Å². The Labute approximate surface area is 72.2 Å². The van der Waals surface area contributed by atoms with Gasteiger partial charge >= 0.3 is 0 Å². The van der Waals surface area contributed by atoms with Gasteiger partial charge in [-0.2, -0.15) is 0 Å². The van der Waals surface area contributed by atoms with Gasteiger partial charge in [0.15, 0.2) is 0 Å². The van der Waals surface area contributed by atoms with Crippen LogP contribution in [0, 0.1) is 12.2 Å². The minimum absolute atomic E-state index is 0.181. The highest BCUT2D eigenvalue weighted by atomic mass is 79.9. The van der Waals surface area contributed by atoms with Crippen LogP contribution in [0.2, 0.25) is 0 Å². The molecule has 0 aliphatic rings. The summed E-state index contributed by atoms with van der Waals surface area (Å²) in [5, 5.41) is 8.51. The lowest BCUT2D eigenvalue weighted by Gasteiger charge is -2.01. The largest absolute Gasteiger partial charge is 0.396 e. The smallest absolute Gasteiger partial charge is 0.146 e. The molecule has 0 amide bonds. The van der Waals surface area contributed by atoms with E-state index in [-0.39, 0.29) is 6.61 Å². The number of pyridine rings is 1. The Morgan fingerprint density at radius 1 is 1.64 bits per heavy atom. The molecule has 0 aliphatic heterocycles. The molecule has 1 aromatic heterocycles. The zero-order chi connectivity index (χ0) is 8.27. The van der Waals surface area contributed by atoms with Gasteiger partial charge in [-0.15, -0.1) is 0 Å². The predicted molar refractivity (Wildman–Crippen MR) is 42.4 cm³/mol. The monoisotopic (exact) mass is 218 g/mol. The van der Waals surface area contributed by atoms with Crippen LogP contribution < -0.4 is 0 Å². The third-order valence-electron chi connectivity index (χ3n) is 1.19. The lowest BCUT2D eigenvalue weighted by Crippen LogP contribution is -1.94. The highest BCUT2D eigenvalue weighted by Crippen LogP contribution is 2.19. The molecular formula is C7H6BrFNO. The third kappa shape index (κ3) is 1.97. The molecule has 1 N–H and O–H groups in total. The van der Waals surface area contributed by atoms with Crippen molar-refractivity contribution < 1.29 is 9.50 Å². The first-order valence-corrected chi connectivity index (χ1v) is 3.78. The van der Waals surface area contributed by atoms with Gasteiger partial charge in [0.1, 0.15) is 5.82 Å². The maximum Gasteiger partial charge on any atom is 0.146 e. The van der Waals surface area contributed by atoms with Crippen LogP contribution in [0.3, 0.4) is 0 Å². The van der Waals surface area contributed by atoms with Crippen LogP contribution in [-0.4, -0.2) is 16.7 Å². The Hall–Kier alpha value is -0.480. The number of rotatable bonds is 2. The number of aliphatic hydroxyl groups is 1. The summed E-state index contributed by atoms with van der Waals surface area (Å²) in [5.74, 6) is -0.437. The molecule has 0 fully saturated rings. The number of nitrogens with zero attached hydrogens (tertiary/aromatic N) is 1. The molecule has 0 bridgehead atoms. The Kier molecular flexibility index (Phi) is 2.96. The van der Waals surface area contributed by atoms with Gasteiger partial charge in [0.05, 0.1) is 12.8 Å². The van der Waals surface area contributed by atoms with Crippen molar-refractivity contribution in [2.24, 2.45) is 0 Å². The van der Waals surface area contributed by atoms with Gasteiger partial charge in [-0.25, -0.2) is 4.39 Å². The average molecular weight is 219 g/mol. The summed E-state index contributed by atoms with van der Waals surface area (Å²) in [5.41, 5.74) is 0.350. The van der Waals surface area contributed by atoms with E-state index in [2.05, 4.69) is 20.9 Å². The molecule has 0 unspecified atom stereocenters. The zero-order valence-electron chi connectivity index (χ0n) is 5.59. The number of aliphatic hydroxyl groups excluding tert-OH is 1. The van der Waals surface area contributed by atoms with E-state index in [9.17, 15) is 4.39 Å². The van der Waals surface area contributed by atoms with Gasteiger partial charge < -0.3 is 5.11 Å². The summed E-state index contributed by atoms with van der Waals surface area (Å²) in [6, 6.07) is 0. The average Bonchev–Trinajstić information content (AvgIpc) is 1.97. The lowest BCUT2D eigenvalue weighted by atomic mass is 10.2. The van der Waals surface area contributed by atoms with E-state index < -0.39 is 5.82 Å². The first-order chi connectivity index (χ1) is 5.25. The maximum atomic E-state index is 12.8. The summed E-state index contributed by atoms with van der Waals surface area (Å²) >= 11 is 3.10. The molecule has 1 heterocycles. The number of halogens is 2.